The van der Waals surface area contributed by atoms with E-state index in [0.29, 0.717) is 15.0 Å². The number of rotatable bonds is 5. The molecule has 3 rings (SSSR count). The van der Waals surface area contributed by atoms with Crippen LogP contribution in [0.3, 0.4) is 0 Å². The largest absolute Gasteiger partial charge is 0.457 e. The number of alkyl halides is 1. The molecule has 1 heterocycles. The minimum Gasteiger partial charge on any atom is -0.457 e. The third kappa shape index (κ3) is 4.14. The Morgan fingerprint density at radius 3 is 2.56 bits per heavy atom. The molecule has 1 aromatic heterocycles. The van der Waals surface area contributed by atoms with Gasteiger partial charge in [0.15, 0.2) is 0 Å². The molecule has 25 heavy (non-hydrogen) atoms. The molecule has 2 N–H and O–H groups in total. The van der Waals surface area contributed by atoms with Crippen LogP contribution < -0.4 is 0 Å². The van der Waals surface area contributed by atoms with Crippen molar-refractivity contribution in [2.24, 2.45) is 0 Å². The van der Waals surface area contributed by atoms with Crippen molar-refractivity contribution in [2.45, 2.75) is 12.5 Å². The van der Waals surface area contributed by atoms with Gasteiger partial charge in [0.25, 0.3) is 0 Å². The molecule has 0 aliphatic carbocycles. The van der Waals surface area contributed by atoms with Crippen LogP contribution in [0.15, 0.2) is 54.6 Å². The summed E-state index contributed by atoms with van der Waals surface area (Å²) < 4.78 is 30.8. The van der Waals surface area contributed by atoms with E-state index in [1.54, 1.807) is 0 Å². The minimum atomic E-state index is -4.87. The maximum absolute atomic E-state index is 13.8. The monoisotopic (exact) mass is 380 g/mol. The fraction of sp³-hybridized carbons (Fsp3) is 0.118. The van der Waals surface area contributed by atoms with Crippen LogP contribution in [0.4, 0.5) is 4.39 Å². The van der Waals surface area contributed by atoms with Gasteiger partial charge in [-0.15, -0.1) is 11.3 Å². The molecule has 0 saturated heterocycles. The van der Waals surface area contributed by atoms with E-state index in [0.717, 1.165) is 5.56 Å². The summed E-state index contributed by atoms with van der Waals surface area (Å²) in [6.07, 6.45) is 0. The predicted molar refractivity (Wildman–Crippen MR) is 93.3 cm³/mol. The average Bonchev–Trinajstić information content (AvgIpc) is 3.02. The Morgan fingerprint density at radius 2 is 1.88 bits per heavy atom. The van der Waals surface area contributed by atoms with Crippen LogP contribution in [0.1, 0.15) is 26.7 Å². The molecule has 8 heteroatoms. The summed E-state index contributed by atoms with van der Waals surface area (Å²) in [4.78, 5) is 30.4. The molecule has 5 nitrogen and oxygen atoms in total. The van der Waals surface area contributed by atoms with E-state index in [2.05, 4.69) is 0 Å². The van der Waals surface area contributed by atoms with E-state index in [1.165, 1.54) is 35.6 Å². The van der Waals surface area contributed by atoms with Gasteiger partial charge in [-0.2, -0.15) is 0 Å². The molecule has 0 saturated carbocycles. The third-order valence-corrected chi connectivity index (χ3v) is 5.51. The van der Waals surface area contributed by atoms with E-state index >= 15 is 0 Å². The average molecular weight is 380 g/mol. The molecule has 3 aromatic rings. The van der Waals surface area contributed by atoms with Crippen molar-refractivity contribution < 1.29 is 28.3 Å². The van der Waals surface area contributed by atoms with Crippen LogP contribution in [-0.4, -0.2) is 15.8 Å². The number of thiophene rings is 1. The Balaban J connectivity index is 1.79. The summed E-state index contributed by atoms with van der Waals surface area (Å²) in [6, 6.07) is 14.9. The zero-order valence-corrected chi connectivity index (χ0v) is 14.5. The van der Waals surface area contributed by atoms with Crippen molar-refractivity contribution in [2.75, 3.05) is 0 Å². The summed E-state index contributed by atoms with van der Waals surface area (Å²) in [7, 11) is -4.87. The van der Waals surface area contributed by atoms with Crippen LogP contribution in [0, 0.1) is 0 Å². The van der Waals surface area contributed by atoms with Gasteiger partial charge >= 0.3 is 13.6 Å². The number of halogens is 1. The SMILES string of the molecule is O=C(OCc1ccccc1)c1cc2cc(C(F)P(=O)(O)O)ccc2s1. The van der Waals surface area contributed by atoms with Crippen molar-refractivity contribution >= 4 is 35.0 Å². The second-order valence-corrected chi connectivity index (χ2v) is 8.11. The second-order valence-electron chi connectivity index (χ2n) is 5.39. The summed E-state index contributed by atoms with van der Waals surface area (Å²) in [6.45, 7) is 0.143. The van der Waals surface area contributed by atoms with Gasteiger partial charge in [0.2, 0.25) is 5.91 Å². The first-order valence-electron chi connectivity index (χ1n) is 7.28. The number of hydrogen-bond acceptors (Lipinski definition) is 4. The molecule has 1 unspecified atom stereocenters. The lowest BCUT2D eigenvalue weighted by atomic mass is 10.2. The van der Waals surface area contributed by atoms with Gasteiger partial charge in [0.05, 0.1) is 0 Å². The normalized spacial score (nSPS) is 12.9. The van der Waals surface area contributed by atoms with Crippen LogP contribution in [0.5, 0.6) is 0 Å². The lowest BCUT2D eigenvalue weighted by molar-refractivity contribution is 0.0478. The summed E-state index contributed by atoms with van der Waals surface area (Å²) in [5.74, 6) is -2.89. The summed E-state index contributed by atoms with van der Waals surface area (Å²) in [5, 5.41) is 0.533. The van der Waals surface area contributed by atoms with E-state index in [1.807, 2.05) is 30.3 Å². The van der Waals surface area contributed by atoms with Crippen LogP contribution in [-0.2, 0) is 15.9 Å². The molecule has 0 fully saturated rings. The molecule has 2 aromatic carbocycles. The van der Waals surface area contributed by atoms with Crippen LogP contribution in [0.2, 0.25) is 0 Å². The number of ether oxygens (including phenoxy) is 1. The number of fused-ring (bicyclic) bond motifs is 1. The lowest BCUT2D eigenvalue weighted by Gasteiger charge is -2.09. The highest BCUT2D eigenvalue weighted by Gasteiger charge is 2.30. The Morgan fingerprint density at radius 1 is 1.16 bits per heavy atom. The molecule has 1 atom stereocenters. The molecular formula is C17H14FO5PS. The van der Waals surface area contributed by atoms with Crippen molar-refractivity contribution in [3.63, 3.8) is 0 Å². The maximum Gasteiger partial charge on any atom is 0.363 e. The lowest BCUT2D eigenvalue weighted by Crippen LogP contribution is -2.02. The molecule has 0 bridgehead atoms. The van der Waals surface area contributed by atoms with Gasteiger partial charge in [-0.3, -0.25) is 4.57 Å². The first kappa shape index (κ1) is 17.8. The van der Waals surface area contributed by atoms with Gasteiger partial charge in [-0.05, 0) is 34.7 Å². The Bertz CT molecular complexity index is 950. The van der Waals surface area contributed by atoms with E-state index in [4.69, 9.17) is 14.5 Å². The summed E-state index contributed by atoms with van der Waals surface area (Å²) >= 11 is 1.18. The molecular weight excluding hydrogens is 366 g/mol. The number of benzene rings is 2. The van der Waals surface area contributed by atoms with E-state index < -0.39 is 19.5 Å². The smallest absolute Gasteiger partial charge is 0.363 e. The first-order chi connectivity index (χ1) is 11.8. The molecule has 0 aliphatic heterocycles. The number of esters is 1. The quantitative estimate of drug-likeness (QED) is 0.506. The topological polar surface area (TPSA) is 83.8 Å². The van der Waals surface area contributed by atoms with E-state index in [9.17, 15) is 13.8 Å². The molecule has 0 aliphatic rings. The van der Waals surface area contributed by atoms with E-state index in [-0.39, 0.29) is 12.2 Å². The minimum absolute atomic E-state index is 0.122. The fourth-order valence-corrected chi connectivity index (χ4v) is 3.78. The molecule has 0 amide bonds. The standard InChI is InChI=1S/C17H14FO5PS/c18-16(24(20,21)22)12-6-7-14-13(8-12)9-15(25-14)17(19)23-10-11-4-2-1-3-5-11/h1-9,16H,10H2,(H2,20,21,22). The Kier molecular flexibility index (Phi) is 5.01. The van der Waals surface area contributed by atoms with Crippen molar-refractivity contribution in [3.8, 4) is 0 Å². The number of hydrogen-bond donors (Lipinski definition) is 2. The van der Waals surface area contributed by atoms with Crippen molar-refractivity contribution in [1.82, 2.24) is 0 Å². The van der Waals surface area contributed by atoms with Gasteiger partial charge < -0.3 is 14.5 Å². The maximum atomic E-state index is 13.8. The Hall–Kier alpha value is -2.05. The van der Waals surface area contributed by atoms with Gasteiger partial charge in [0, 0.05) is 4.70 Å². The van der Waals surface area contributed by atoms with Crippen LogP contribution in [0.25, 0.3) is 10.1 Å². The number of carbonyl (C=O) groups excluding carboxylic acids is 1. The highest BCUT2D eigenvalue weighted by Crippen LogP contribution is 2.53. The van der Waals surface area contributed by atoms with Gasteiger partial charge in [0.1, 0.15) is 11.5 Å². The zero-order chi connectivity index (χ0) is 18.0. The highest BCUT2D eigenvalue weighted by molar-refractivity contribution is 7.51. The zero-order valence-electron chi connectivity index (χ0n) is 12.8. The predicted octanol–water partition coefficient (Wildman–Crippen LogP) is 4.40. The second kappa shape index (κ2) is 7.06. The van der Waals surface area contributed by atoms with Crippen molar-refractivity contribution in [3.05, 3.63) is 70.6 Å². The third-order valence-electron chi connectivity index (χ3n) is 3.52. The molecule has 0 radical (unpaired) electrons. The number of carbonyl (C=O) groups is 1. The first-order valence-corrected chi connectivity index (χ1v) is 9.78. The molecule has 130 valence electrons. The highest BCUT2D eigenvalue weighted by atomic mass is 32.1. The Labute approximate surface area is 146 Å². The molecule has 0 spiro atoms. The van der Waals surface area contributed by atoms with Crippen LogP contribution >= 0.6 is 18.9 Å². The van der Waals surface area contributed by atoms with Crippen molar-refractivity contribution in [1.29, 1.82) is 0 Å². The fourth-order valence-electron chi connectivity index (χ4n) is 2.30. The van der Waals surface area contributed by atoms with Gasteiger partial charge in [-0.1, -0.05) is 36.4 Å². The summed E-state index contributed by atoms with van der Waals surface area (Å²) in [5.41, 5.74) is 0.740. The van der Waals surface area contributed by atoms with Gasteiger partial charge in [-0.25, -0.2) is 9.18 Å².